The summed E-state index contributed by atoms with van der Waals surface area (Å²) < 4.78 is 5.64. The van der Waals surface area contributed by atoms with Crippen molar-refractivity contribution in [3.05, 3.63) is 70.7 Å². The highest BCUT2D eigenvalue weighted by molar-refractivity contribution is 6.30. The molecule has 2 atom stereocenters. The van der Waals surface area contributed by atoms with E-state index in [4.69, 9.17) is 22.1 Å². The third-order valence-electron chi connectivity index (χ3n) is 6.97. The van der Waals surface area contributed by atoms with E-state index in [0.717, 1.165) is 35.2 Å². The molecule has 0 aliphatic carbocycles. The van der Waals surface area contributed by atoms with Gasteiger partial charge in [0.25, 0.3) is 5.91 Å². The van der Waals surface area contributed by atoms with E-state index < -0.39 is 0 Å². The van der Waals surface area contributed by atoms with Crippen LogP contribution in [0.2, 0.25) is 5.02 Å². The lowest BCUT2D eigenvalue weighted by Gasteiger charge is -2.39. The molecule has 2 bridgehead atoms. The van der Waals surface area contributed by atoms with Gasteiger partial charge in [-0.3, -0.25) is 9.69 Å². The number of anilines is 1. The van der Waals surface area contributed by atoms with Crippen LogP contribution in [0.4, 0.5) is 5.69 Å². The zero-order valence-corrected chi connectivity index (χ0v) is 18.9. The Kier molecular flexibility index (Phi) is 5.70. The molecule has 2 fully saturated rings. The van der Waals surface area contributed by atoms with Crippen LogP contribution in [0, 0.1) is 0 Å². The maximum absolute atomic E-state index is 13.3. The summed E-state index contributed by atoms with van der Waals surface area (Å²) in [7, 11) is 1.60. The average Bonchev–Trinajstić information content (AvgIpc) is 3.02. The standard InChI is InChI=1S/C26H28ClN3O2/c1-32-25-22-5-3-2-4-21(22)24(28)14-23(25)26(31)29-18-12-19-10-11-20(13-18)30(19)15-16-6-8-17(27)9-7-16/h2-9,14,18-20H,10-13,15,28H2,1H3,(H,29,31). The summed E-state index contributed by atoms with van der Waals surface area (Å²) in [6.45, 7) is 0.933. The first kappa shape index (κ1) is 21.1. The van der Waals surface area contributed by atoms with Crippen LogP contribution < -0.4 is 15.8 Å². The molecule has 2 heterocycles. The van der Waals surface area contributed by atoms with Crippen LogP contribution >= 0.6 is 11.6 Å². The molecule has 166 valence electrons. The summed E-state index contributed by atoms with van der Waals surface area (Å²) in [6, 6.07) is 18.7. The minimum absolute atomic E-state index is 0.116. The second-order valence-corrected chi connectivity index (χ2v) is 9.35. The van der Waals surface area contributed by atoms with Gasteiger partial charge in [-0.2, -0.15) is 0 Å². The number of halogens is 1. The van der Waals surface area contributed by atoms with Crippen LogP contribution in [0.3, 0.4) is 0 Å². The lowest BCUT2D eigenvalue weighted by molar-refractivity contribution is 0.0825. The summed E-state index contributed by atoms with van der Waals surface area (Å²) in [4.78, 5) is 15.9. The SMILES string of the molecule is COc1c(C(=O)NC2CC3CCC(C2)N3Cc2ccc(Cl)cc2)cc(N)c2ccccc12. The molecule has 2 aliphatic rings. The molecule has 3 N–H and O–H groups in total. The number of piperidine rings is 1. The second-order valence-electron chi connectivity index (χ2n) is 8.92. The van der Waals surface area contributed by atoms with E-state index in [1.807, 2.05) is 36.4 Å². The highest BCUT2D eigenvalue weighted by atomic mass is 35.5. The lowest BCUT2D eigenvalue weighted by Crippen LogP contribution is -2.50. The Morgan fingerprint density at radius 3 is 2.41 bits per heavy atom. The van der Waals surface area contributed by atoms with Crippen molar-refractivity contribution in [3.8, 4) is 5.75 Å². The fourth-order valence-corrected chi connectivity index (χ4v) is 5.61. The molecule has 5 rings (SSSR count). The monoisotopic (exact) mass is 449 g/mol. The molecule has 2 aliphatic heterocycles. The lowest BCUT2D eigenvalue weighted by atomic mass is 9.95. The summed E-state index contributed by atoms with van der Waals surface area (Å²) in [6.07, 6.45) is 4.27. The van der Waals surface area contributed by atoms with Gasteiger partial charge in [-0.1, -0.05) is 48.0 Å². The van der Waals surface area contributed by atoms with E-state index in [2.05, 4.69) is 22.3 Å². The van der Waals surface area contributed by atoms with Crippen molar-refractivity contribution < 1.29 is 9.53 Å². The van der Waals surface area contributed by atoms with E-state index >= 15 is 0 Å². The number of methoxy groups -OCH3 is 1. The van der Waals surface area contributed by atoms with Crippen LogP contribution in [0.5, 0.6) is 5.75 Å². The normalized spacial score (nSPS) is 22.8. The second kappa shape index (κ2) is 8.64. The number of amides is 1. The number of fused-ring (bicyclic) bond motifs is 3. The molecule has 0 spiro atoms. The Morgan fingerprint density at radius 2 is 1.75 bits per heavy atom. The summed E-state index contributed by atoms with van der Waals surface area (Å²) in [5, 5.41) is 5.80. The van der Waals surface area contributed by atoms with Gasteiger partial charge in [0, 0.05) is 46.2 Å². The molecule has 0 aromatic heterocycles. The highest BCUT2D eigenvalue weighted by Gasteiger charge is 2.41. The van der Waals surface area contributed by atoms with Crippen molar-refractivity contribution in [1.82, 2.24) is 10.2 Å². The third-order valence-corrected chi connectivity index (χ3v) is 7.23. The number of nitrogens with one attached hydrogen (secondary N) is 1. The first-order chi connectivity index (χ1) is 15.5. The first-order valence-electron chi connectivity index (χ1n) is 11.2. The minimum Gasteiger partial charge on any atom is -0.495 e. The van der Waals surface area contributed by atoms with Crippen molar-refractivity contribution in [2.45, 2.75) is 50.4 Å². The molecule has 3 aromatic rings. The number of hydrogen-bond acceptors (Lipinski definition) is 4. The zero-order valence-electron chi connectivity index (χ0n) is 18.2. The van der Waals surface area contributed by atoms with Gasteiger partial charge in [-0.05, 0) is 49.4 Å². The van der Waals surface area contributed by atoms with E-state index in [-0.39, 0.29) is 11.9 Å². The smallest absolute Gasteiger partial charge is 0.255 e. The van der Waals surface area contributed by atoms with Gasteiger partial charge in [0.2, 0.25) is 0 Å². The Balaban J connectivity index is 1.31. The topological polar surface area (TPSA) is 67.6 Å². The molecule has 2 saturated heterocycles. The molecular weight excluding hydrogens is 422 g/mol. The van der Waals surface area contributed by atoms with Gasteiger partial charge >= 0.3 is 0 Å². The van der Waals surface area contributed by atoms with Gasteiger partial charge in [-0.15, -0.1) is 0 Å². The Hall–Kier alpha value is -2.76. The quantitative estimate of drug-likeness (QED) is 0.537. The molecular formula is C26H28ClN3O2. The van der Waals surface area contributed by atoms with Gasteiger partial charge in [-0.25, -0.2) is 0 Å². The van der Waals surface area contributed by atoms with Gasteiger partial charge in [0.15, 0.2) is 0 Å². The summed E-state index contributed by atoms with van der Waals surface area (Å²) >= 11 is 6.04. The van der Waals surface area contributed by atoms with E-state index in [1.165, 1.54) is 18.4 Å². The van der Waals surface area contributed by atoms with Crippen molar-refractivity contribution >= 4 is 34.0 Å². The van der Waals surface area contributed by atoms with Crippen LogP contribution in [0.1, 0.15) is 41.6 Å². The minimum atomic E-state index is -0.116. The molecule has 3 aromatic carbocycles. The van der Waals surface area contributed by atoms with Crippen LogP contribution in [0.25, 0.3) is 10.8 Å². The third kappa shape index (κ3) is 3.91. The molecule has 2 unspecified atom stereocenters. The number of ether oxygens (including phenoxy) is 1. The molecule has 6 heteroatoms. The van der Waals surface area contributed by atoms with Gasteiger partial charge in [0.1, 0.15) is 5.75 Å². The number of carbonyl (C=O) groups excluding carboxylic acids is 1. The van der Waals surface area contributed by atoms with Crippen molar-refractivity contribution in [3.63, 3.8) is 0 Å². The number of carbonyl (C=O) groups is 1. The summed E-state index contributed by atoms with van der Waals surface area (Å²) in [5.41, 5.74) is 8.63. The fraction of sp³-hybridized carbons (Fsp3) is 0.346. The number of hydrogen-bond donors (Lipinski definition) is 2. The van der Waals surface area contributed by atoms with E-state index in [0.29, 0.717) is 29.1 Å². The van der Waals surface area contributed by atoms with Crippen molar-refractivity contribution in [2.75, 3.05) is 12.8 Å². The number of nitrogen functional groups attached to an aromatic ring is 1. The predicted octanol–water partition coefficient (Wildman–Crippen LogP) is 5.01. The van der Waals surface area contributed by atoms with Crippen molar-refractivity contribution in [1.29, 1.82) is 0 Å². The summed E-state index contributed by atoms with van der Waals surface area (Å²) in [5.74, 6) is 0.463. The maximum Gasteiger partial charge on any atom is 0.255 e. The predicted molar refractivity (Wildman–Crippen MR) is 129 cm³/mol. The number of nitrogens with two attached hydrogens (primary N) is 1. The first-order valence-corrected chi connectivity index (χ1v) is 11.6. The Labute approximate surface area is 193 Å². The number of benzene rings is 3. The number of rotatable bonds is 5. The average molecular weight is 450 g/mol. The largest absolute Gasteiger partial charge is 0.495 e. The van der Waals surface area contributed by atoms with E-state index in [9.17, 15) is 4.79 Å². The molecule has 0 saturated carbocycles. The van der Waals surface area contributed by atoms with Crippen molar-refractivity contribution in [2.24, 2.45) is 0 Å². The zero-order chi connectivity index (χ0) is 22.2. The van der Waals surface area contributed by atoms with Crippen LogP contribution in [-0.4, -0.2) is 36.0 Å². The fourth-order valence-electron chi connectivity index (χ4n) is 5.48. The molecule has 5 nitrogen and oxygen atoms in total. The van der Waals surface area contributed by atoms with Gasteiger partial charge in [0.05, 0.1) is 12.7 Å². The Morgan fingerprint density at radius 1 is 1.09 bits per heavy atom. The molecule has 1 amide bonds. The highest BCUT2D eigenvalue weighted by Crippen LogP contribution is 2.38. The van der Waals surface area contributed by atoms with Crippen LogP contribution in [-0.2, 0) is 6.54 Å². The van der Waals surface area contributed by atoms with E-state index in [1.54, 1.807) is 13.2 Å². The number of nitrogens with zero attached hydrogens (tertiary/aromatic N) is 1. The maximum atomic E-state index is 13.3. The molecule has 0 radical (unpaired) electrons. The molecule has 32 heavy (non-hydrogen) atoms. The van der Waals surface area contributed by atoms with Gasteiger partial charge < -0.3 is 15.8 Å². The van der Waals surface area contributed by atoms with Crippen LogP contribution in [0.15, 0.2) is 54.6 Å². The Bertz CT molecular complexity index is 1130.